The van der Waals surface area contributed by atoms with Crippen molar-refractivity contribution in [1.29, 1.82) is 5.26 Å². The number of nitriles is 1. The Morgan fingerprint density at radius 2 is 1.80 bits per heavy atom. The zero-order valence-corrected chi connectivity index (χ0v) is 13.6. The van der Waals surface area contributed by atoms with Crippen LogP contribution >= 0.6 is 23.2 Å². The monoisotopic (exact) mass is 383 g/mol. The van der Waals surface area contributed by atoms with Crippen LogP contribution in [0.4, 0.5) is 13.2 Å². The predicted molar refractivity (Wildman–Crippen MR) is 87.1 cm³/mol. The summed E-state index contributed by atoms with van der Waals surface area (Å²) in [4.78, 5) is 16.2. The van der Waals surface area contributed by atoms with Crippen molar-refractivity contribution in [3.05, 3.63) is 68.1 Å². The van der Waals surface area contributed by atoms with E-state index in [2.05, 4.69) is 4.98 Å². The van der Waals surface area contributed by atoms with Gasteiger partial charge in [-0.25, -0.2) is 4.98 Å². The van der Waals surface area contributed by atoms with E-state index in [0.717, 1.165) is 16.7 Å². The standard InChI is InChI=1S/C16H6Cl2F3N3O/c17-10-3-1-2-4-11(10)24-14-8(13(18)9(7-22)15(24)25)5-6-12(23-14)16(19,20)21/h1-6H. The van der Waals surface area contributed by atoms with Gasteiger partial charge in [0.2, 0.25) is 0 Å². The predicted octanol–water partition coefficient (Wildman–Crippen LogP) is 4.58. The quantitative estimate of drug-likeness (QED) is 0.617. The number of nitrogens with zero attached hydrogens (tertiary/aromatic N) is 3. The fourth-order valence-electron chi connectivity index (χ4n) is 2.34. The van der Waals surface area contributed by atoms with Crippen LogP contribution in [0.2, 0.25) is 10.0 Å². The van der Waals surface area contributed by atoms with Gasteiger partial charge in [-0.15, -0.1) is 0 Å². The van der Waals surface area contributed by atoms with Crippen molar-refractivity contribution in [2.45, 2.75) is 6.18 Å². The number of halogens is 5. The number of hydrogen-bond donors (Lipinski definition) is 0. The van der Waals surface area contributed by atoms with E-state index in [1.807, 2.05) is 0 Å². The first-order chi connectivity index (χ1) is 11.8. The molecule has 0 spiro atoms. The second kappa shape index (κ2) is 6.06. The SMILES string of the molecule is N#Cc1c(Cl)c2ccc(C(F)(F)F)nc2n(-c2ccccc2Cl)c1=O. The number of fused-ring (bicyclic) bond motifs is 1. The molecule has 0 bridgehead atoms. The zero-order chi connectivity index (χ0) is 18.4. The molecule has 0 N–H and O–H groups in total. The minimum absolute atomic E-state index is 0.0331. The summed E-state index contributed by atoms with van der Waals surface area (Å²) in [6.07, 6.45) is -4.71. The lowest BCUT2D eigenvalue weighted by Crippen LogP contribution is -2.24. The molecule has 1 aromatic carbocycles. The molecule has 2 heterocycles. The first-order valence-electron chi connectivity index (χ1n) is 6.73. The highest BCUT2D eigenvalue weighted by Gasteiger charge is 2.33. The molecule has 0 atom stereocenters. The molecule has 0 saturated heterocycles. The van der Waals surface area contributed by atoms with E-state index in [4.69, 9.17) is 23.2 Å². The highest BCUT2D eigenvalue weighted by molar-refractivity contribution is 6.36. The van der Waals surface area contributed by atoms with E-state index in [1.54, 1.807) is 18.2 Å². The molecule has 0 fully saturated rings. The van der Waals surface area contributed by atoms with Crippen LogP contribution in [0, 0.1) is 11.3 Å². The third-order valence-electron chi connectivity index (χ3n) is 3.46. The number of benzene rings is 1. The molecular formula is C16H6Cl2F3N3O. The van der Waals surface area contributed by atoms with Gasteiger partial charge in [0.1, 0.15) is 23.0 Å². The molecule has 126 valence electrons. The minimum atomic E-state index is -4.71. The molecule has 3 rings (SSSR count). The van der Waals surface area contributed by atoms with Crippen LogP contribution in [0.1, 0.15) is 11.3 Å². The average molecular weight is 384 g/mol. The summed E-state index contributed by atoms with van der Waals surface area (Å²) in [5.41, 5.74) is -2.74. The minimum Gasteiger partial charge on any atom is -0.267 e. The summed E-state index contributed by atoms with van der Waals surface area (Å²) in [5.74, 6) is 0. The molecule has 0 amide bonds. The third-order valence-corrected chi connectivity index (χ3v) is 4.17. The third kappa shape index (κ3) is 2.84. The van der Waals surface area contributed by atoms with Gasteiger partial charge in [0.15, 0.2) is 0 Å². The number of alkyl halides is 3. The molecule has 0 radical (unpaired) electrons. The molecular weight excluding hydrogens is 378 g/mol. The molecule has 3 aromatic rings. The highest BCUT2D eigenvalue weighted by atomic mass is 35.5. The molecule has 0 saturated carbocycles. The van der Waals surface area contributed by atoms with Crippen LogP contribution in [0.25, 0.3) is 16.7 Å². The lowest BCUT2D eigenvalue weighted by atomic mass is 10.1. The maximum absolute atomic E-state index is 13.0. The number of para-hydroxylation sites is 1. The summed E-state index contributed by atoms with van der Waals surface area (Å²) in [5, 5.41) is 9.09. The van der Waals surface area contributed by atoms with Crippen molar-refractivity contribution in [2.24, 2.45) is 0 Å². The van der Waals surface area contributed by atoms with Gasteiger partial charge in [-0.1, -0.05) is 35.3 Å². The lowest BCUT2D eigenvalue weighted by molar-refractivity contribution is -0.141. The summed E-state index contributed by atoms with van der Waals surface area (Å²) in [6, 6.07) is 9.51. The largest absolute Gasteiger partial charge is 0.433 e. The average Bonchev–Trinajstić information content (AvgIpc) is 2.56. The second-order valence-corrected chi connectivity index (χ2v) is 5.74. The van der Waals surface area contributed by atoms with Crippen LogP contribution in [0.5, 0.6) is 0 Å². The number of aromatic nitrogens is 2. The van der Waals surface area contributed by atoms with Crippen LogP contribution in [-0.4, -0.2) is 9.55 Å². The van der Waals surface area contributed by atoms with Gasteiger partial charge in [0, 0.05) is 5.39 Å². The summed E-state index contributed by atoms with van der Waals surface area (Å²) >= 11 is 12.1. The summed E-state index contributed by atoms with van der Waals surface area (Å²) in [7, 11) is 0. The Kier molecular flexibility index (Phi) is 4.19. The molecule has 9 heteroatoms. The van der Waals surface area contributed by atoms with E-state index >= 15 is 0 Å². The summed E-state index contributed by atoms with van der Waals surface area (Å²) < 4.78 is 39.9. The topological polar surface area (TPSA) is 58.7 Å². The number of rotatable bonds is 1. The number of hydrogen-bond acceptors (Lipinski definition) is 3. The van der Waals surface area contributed by atoms with Crippen molar-refractivity contribution in [3.63, 3.8) is 0 Å². The fraction of sp³-hybridized carbons (Fsp3) is 0.0625. The Hall–Kier alpha value is -2.56. The van der Waals surface area contributed by atoms with E-state index in [-0.39, 0.29) is 26.8 Å². The van der Waals surface area contributed by atoms with Crippen molar-refractivity contribution >= 4 is 34.2 Å². The van der Waals surface area contributed by atoms with Crippen LogP contribution in [-0.2, 0) is 6.18 Å². The summed E-state index contributed by atoms with van der Waals surface area (Å²) in [6.45, 7) is 0. The van der Waals surface area contributed by atoms with Crippen molar-refractivity contribution < 1.29 is 13.2 Å². The smallest absolute Gasteiger partial charge is 0.267 e. The van der Waals surface area contributed by atoms with Gasteiger partial charge in [-0.2, -0.15) is 18.4 Å². The van der Waals surface area contributed by atoms with Gasteiger partial charge < -0.3 is 0 Å². The van der Waals surface area contributed by atoms with Crippen LogP contribution in [0.3, 0.4) is 0 Å². The Bertz CT molecular complexity index is 1100. The van der Waals surface area contributed by atoms with Gasteiger partial charge >= 0.3 is 6.18 Å². The van der Waals surface area contributed by atoms with Crippen LogP contribution in [0.15, 0.2) is 41.2 Å². The normalized spacial score (nSPS) is 11.5. The van der Waals surface area contributed by atoms with Gasteiger partial charge in [0.25, 0.3) is 5.56 Å². The van der Waals surface area contributed by atoms with E-state index in [0.29, 0.717) is 0 Å². The Labute approximate surface area is 148 Å². The maximum atomic E-state index is 13.0. The molecule has 0 aliphatic heterocycles. The van der Waals surface area contributed by atoms with Gasteiger partial charge in [0.05, 0.1) is 15.7 Å². The van der Waals surface area contributed by atoms with Crippen molar-refractivity contribution in [3.8, 4) is 11.8 Å². The first kappa shape index (κ1) is 17.3. The van der Waals surface area contributed by atoms with Crippen molar-refractivity contribution in [2.75, 3.05) is 0 Å². The highest BCUT2D eigenvalue weighted by Crippen LogP contribution is 2.32. The Morgan fingerprint density at radius 3 is 2.40 bits per heavy atom. The van der Waals surface area contributed by atoms with Gasteiger partial charge in [-0.05, 0) is 24.3 Å². The molecule has 0 unspecified atom stereocenters. The molecule has 2 aromatic heterocycles. The lowest BCUT2D eigenvalue weighted by Gasteiger charge is -2.14. The van der Waals surface area contributed by atoms with E-state index in [1.165, 1.54) is 12.1 Å². The Morgan fingerprint density at radius 1 is 1.12 bits per heavy atom. The molecule has 25 heavy (non-hydrogen) atoms. The molecule has 4 nitrogen and oxygen atoms in total. The first-order valence-corrected chi connectivity index (χ1v) is 7.48. The maximum Gasteiger partial charge on any atom is 0.433 e. The molecule has 0 aliphatic carbocycles. The zero-order valence-electron chi connectivity index (χ0n) is 12.1. The van der Waals surface area contributed by atoms with Crippen molar-refractivity contribution in [1.82, 2.24) is 9.55 Å². The van der Waals surface area contributed by atoms with Gasteiger partial charge in [-0.3, -0.25) is 9.36 Å². The second-order valence-electron chi connectivity index (χ2n) is 4.96. The van der Waals surface area contributed by atoms with E-state index in [9.17, 15) is 23.2 Å². The van der Waals surface area contributed by atoms with Crippen LogP contribution < -0.4 is 5.56 Å². The number of pyridine rings is 2. The Balaban J connectivity index is 2.55. The molecule has 0 aliphatic rings. The fourth-order valence-corrected chi connectivity index (χ4v) is 2.83. The van der Waals surface area contributed by atoms with E-state index < -0.39 is 23.0 Å².